The van der Waals surface area contributed by atoms with E-state index in [4.69, 9.17) is 0 Å². The second-order valence-corrected chi connectivity index (χ2v) is 9.68. The minimum absolute atomic E-state index is 0.448. The maximum Gasteiger partial charge on any atom is 0.488 e. The third kappa shape index (κ3) is 5.32. The van der Waals surface area contributed by atoms with Crippen LogP contribution in [0.5, 0.6) is 0 Å². The van der Waals surface area contributed by atoms with Crippen molar-refractivity contribution in [3.63, 3.8) is 0 Å². The van der Waals surface area contributed by atoms with Gasteiger partial charge in [0.25, 0.3) is 0 Å². The molecule has 0 saturated heterocycles. The van der Waals surface area contributed by atoms with Crippen LogP contribution in [0, 0.1) is 0 Å². The van der Waals surface area contributed by atoms with Gasteiger partial charge in [0.2, 0.25) is 0 Å². The lowest BCUT2D eigenvalue weighted by Crippen LogP contribution is -2.30. The summed E-state index contributed by atoms with van der Waals surface area (Å²) in [5, 5.41) is 19.9. The Hall–Kier alpha value is -4.90. The summed E-state index contributed by atoms with van der Waals surface area (Å²) in [6.07, 6.45) is 0. The zero-order valence-electron chi connectivity index (χ0n) is 21.9. The van der Waals surface area contributed by atoms with Crippen molar-refractivity contribution in [3.8, 4) is 33.4 Å². The van der Waals surface area contributed by atoms with Crippen LogP contribution in [0.2, 0.25) is 0 Å². The van der Waals surface area contributed by atoms with Crippen molar-refractivity contribution in [3.05, 3.63) is 158 Å². The summed E-state index contributed by atoms with van der Waals surface area (Å²) in [5.74, 6) is 0. The van der Waals surface area contributed by atoms with E-state index in [0.29, 0.717) is 5.46 Å². The molecule has 2 N–H and O–H groups in total. The van der Waals surface area contributed by atoms with Crippen LogP contribution in [0.25, 0.3) is 33.4 Å². The molecule has 0 bridgehead atoms. The number of benzene rings is 6. The van der Waals surface area contributed by atoms with Gasteiger partial charge in [0.1, 0.15) is 0 Å². The summed E-state index contributed by atoms with van der Waals surface area (Å²) in [5.41, 5.74) is 9.99. The number of nitrogens with zero attached hydrogens (tertiary/aromatic N) is 1. The Morgan fingerprint density at radius 2 is 0.900 bits per heavy atom. The van der Waals surface area contributed by atoms with E-state index in [-0.39, 0.29) is 0 Å². The number of rotatable bonds is 7. The first kappa shape index (κ1) is 25.4. The van der Waals surface area contributed by atoms with Crippen LogP contribution in [0.1, 0.15) is 0 Å². The van der Waals surface area contributed by atoms with Crippen molar-refractivity contribution in [1.82, 2.24) is 0 Å². The van der Waals surface area contributed by atoms with E-state index in [0.717, 1.165) is 39.3 Å². The Morgan fingerprint density at radius 1 is 0.400 bits per heavy atom. The average Bonchev–Trinajstić information content (AvgIpc) is 3.03. The van der Waals surface area contributed by atoms with Crippen LogP contribution in [0.4, 0.5) is 17.1 Å². The van der Waals surface area contributed by atoms with Crippen molar-refractivity contribution in [2.45, 2.75) is 0 Å². The van der Waals surface area contributed by atoms with Crippen molar-refractivity contribution in [2.75, 3.05) is 4.90 Å². The lowest BCUT2D eigenvalue weighted by Gasteiger charge is -2.28. The van der Waals surface area contributed by atoms with Gasteiger partial charge >= 0.3 is 7.12 Å². The zero-order valence-corrected chi connectivity index (χ0v) is 21.9. The van der Waals surface area contributed by atoms with Crippen molar-refractivity contribution >= 4 is 29.6 Å². The summed E-state index contributed by atoms with van der Waals surface area (Å²) in [6.45, 7) is 0. The molecular formula is C36H28BNO2. The maximum absolute atomic E-state index is 9.93. The predicted octanol–water partition coefficient (Wildman–Crippen LogP) is 7.84. The van der Waals surface area contributed by atoms with Crippen LogP contribution in [0.3, 0.4) is 0 Å². The van der Waals surface area contributed by atoms with Gasteiger partial charge in [-0.3, -0.25) is 0 Å². The molecule has 0 unspecified atom stereocenters. The van der Waals surface area contributed by atoms with Gasteiger partial charge in [0.05, 0.1) is 5.69 Å². The molecule has 6 rings (SSSR count). The van der Waals surface area contributed by atoms with Crippen LogP contribution in [-0.2, 0) is 0 Å². The summed E-state index contributed by atoms with van der Waals surface area (Å²) in [6, 6.07) is 53.5. The first-order valence-corrected chi connectivity index (χ1v) is 13.3. The molecule has 0 heterocycles. The molecule has 0 aliphatic carbocycles. The largest absolute Gasteiger partial charge is 0.488 e. The second-order valence-electron chi connectivity index (χ2n) is 9.68. The fraction of sp³-hybridized carbons (Fsp3) is 0. The summed E-state index contributed by atoms with van der Waals surface area (Å²) in [7, 11) is -1.55. The molecule has 192 valence electrons. The smallest absolute Gasteiger partial charge is 0.423 e. The normalized spacial score (nSPS) is 10.8. The topological polar surface area (TPSA) is 43.7 Å². The SMILES string of the molecule is OB(O)c1ccc(N(c2ccccc2)c2ccc(-c3cccc(-c4ccccc4)c3)cc2)c(-c2ccccc2)c1. The fourth-order valence-electron chi connectivity index (χ4n) is 5.07. The van der Waals surface area contributed by atoms with Gasteiger partial charge in [0, 0.05) is 16.9 Å². The van der Waals surface area contributed by atoms with Crippen LogP contribution in [0.15, 0.2) is 158 Å². The summed E-state index contributed by atoms with van der Waals surface area (Å²) >= 11 is 0. The number of para-hydroxylation sites is 1. The van der Waals surface area contributed by atoms with Gasteiger partial charge in [-0.15, -0.1) is 0 Å². The molecule has 40 heavy (non-hydrogen) atoms. The van der Waals surface area contributed by atoms with Gasteiger partial charge in [-0.25, -0.2) is 0 Å². The lowest BCUT2D eigenvalue weighted by atomic mass is 9.78. The second kappa shape index (κ2) is 11.5. The maximum atomic E-state index is 9.93. The molecule has 0 spiro atoms. The minimum Gasteiger partial charge on any atom is -0.423 e. The number of hydrogen-bond acceptors (Lipinski definition) is 3. The Balaban J connectivity index is 1.44. The van der Waals surface area contributed by atoms with E-state index in [1.807, 2.05) is 66.7 Å². The molecule has 0 fully saturated rings. The molecule has 4 heteroatoms. The van der Waals surface area contributed by atoms with Gasteiger partial charge < -0.3 is 14.9 Å². The van der Waals surface area contributed by atoms with Crippen molar-refractivity contribution < 1.29 is 10.0 Å². The van der Waals surface area contributed by atoms with Gasteiger partial charge in [0.15, 0.2) is 0 Å². The number of anilines is 3. The quantitative estimate of drug-likeness (QED) is 0.212. The Bertz CT molecular complexity index is 1700. The highest BCUT2D eigenvalue weighted by Gasteiger charge is 2.20. The van der Waals surface area contributed by atoms with Crippen LogP contribution < -0.4 is 10.4 Å². The molecule has 0 amide bonds. The Kier molecular flexibility index (Phi) is 7.27. The molecule has 0 atom stereocenters. The molecule has 0 aromatic heterocycles. The van der Waals surface area contributed by atoms with E-state index < -0.39 is 7.12 Å². The Labute approximate surface area is 235 Å². The monoisotopic (exact) mass is 517 g/mol. The lowest BCUT2D eigenvalue weighted by molar-refractivity contribution is 0.426. The first-order chi connectivity index (χ1) is 19.7. The first-order valence-electron chi connectivity index (χ1n) is 13.3. The van der Waals surface area contributed by atoms with E-state index >= 15 is 0 Å². The molecule has 0 aliphatic rings. The van der Waals surface area contributed by atoms with Crippen LogP contribution >= 0.6 is 0 Å². The molecule has 3 nitrogen and oxygen atoms in total. The van der Waals surface area contributed by atoms with Crippen LogP contribution in [-0.4, -0.2) is 17.2 Å². The summed E-state index contributed by atoms with van der Waals surface area (Å²) < 4.78 is 0. The van der Waals surface area contributed by atoms with Gasteiger partial charge in [-0.1, -0.05) is 121 Å². The Morgan fingerprint density at radius 3 is 1.50 bits per heavy atom. The van der Waals surface area contributed by atoms with E-state index in [2.05, 4.69) is 89.8 Å². The molecule has 0 radical (unpaired) electrons. The average molecular weight is 517 g/mol. The highest BCUT2D eigenvalue weighted by molar-refractivity contribution is 6.58. The van der Waals surface area contributed by atoms with E-state index in [1.165, 1.54) is 11.1 Å². The summed E-state index contributed by atoms with van der Waals surface area (Å²) in [4.78, 5) is 2.21. The highest BCUT2D eigenvalue weighted by Crippen LogP contribution is 2.41. The van der Waals surface area contributed by atoms with Crippen molar-refractivity contribution in [2.24, 2.45) is 0 Å². The van der Waals surface area contributed by atoms with Gasteiger partial charge in [-0.05, 0) is 69.7 Å². The molecule has 0 saturated carbocycles. The predicted molar refractivity (Wildman–Crippen MR) is 167 cm³/mol. The van der Waals surface area contributed by atoms with Gasteiger partial charge in [-0.2, -0.15) is 0 Å². The highest BCUT2D eigenvalue weighted by atomic mass is 16.4. The molecule has 6 aromatic carbocycles. The number of hydrogen-bond donors (Lipinski definition) is 2. The van der Waals surface area contributed by atoms with E-state index in [1.54, 1.807) is 6.07 Å². The molecule has 0 aliphatic heterocycles. The standard InChI is InChI=1S/C36H28BNO2/c39-37(40)32-21-24-36(35(26-32)29-13-6-2-7-14-29)38(33-17-8-3-9-18-33)34-22-19-28(20-23-34)31-16-10-15-30(25-31)27-11-4-1-5-12-27/h1-26,39-40H. The zero-order chi connectivity index (χ0) is 27.3. The fourth-order valence-corrected chi connectivity index (χ4v) is 5.07. The third-order valence-electron chi connectivity index (χ3n) is 7.09. The van der Waals surface area contributed by atoms with Crippen molar-refractivity contribution in [1.29, 1.82) is 0 Å². The third-order valence-corrected chi connectivity index (χ3v) is 7.09. The molecule has 6 aromatic rings. The minimum atomic E-state index is -1.55. The van der Waals surface area contributed by atoms with E-state index in [9.17, 15) is 10.0 Å². The molecular weight excluding hydrogens is 489 g/mol.